The van der Waals surface area contributed by atoms with Crippen molar-refractivity contribution >= 4 is 28.4 Å². The Hall–Kier alpha value is -3.29. The van der Waals surface area contributed by atoms with E-state index in [1.54, 1.807) is 18.6 Å². The van der Waals surface area contributed by atoms with Crippen LogP contribution in [0.1, 0.15) is 80.0 Å². The number of thiophene rings is 1. The molecule has 0 bridgehead atoms. The highest BCUT2D eigenvalue weighted by molar-refractivity contribution is 7.16. The molecule has 39 heavy (non-hydrogen) atoms. The molecule has 4 rings (SSSR count). The summed E-state index contributed by atoms with van der Waals surface area (Å²) in [6, 6.07) is 4.27. The number of allylic oxidation sites excluding steroid dienone is 2. The van der Waals surface area contributed by atoms with Gasteiger partial charge < -0.3 is 14.7 Å². The van der Waals surface area contributed by atoms with Gasteiger partial charge in [-0.1, -0.05) is 13.3 Å². The molecule has 2 atom stereocenters. The molecule has 2 aromatic rings. The minimum absolute atomic E-state index is 0.0640. The number of aliphatic hydroxyl groups is 1. The zero-order valence-electron chi connectivity index (χ0n) is 23.6. The van der Waals surface area contributed by atoms with E-state index in [1.165, 1.54) is 11.3 Å². The number of likely N-dealkylation sites (tertiary alicyclic amines) is 1. The molecule has 0 amide bonds. The Bertz CT molecular complexity index is 1310. The van der Waals surface area contributed by atoms with Gasteiger partial charge in [-0.2, -0.15) is 10.2 Å². The van der Waals surface area contributed by atoms with Gasteiger partial charge in [-0.15, -0.1) is 11.3 Å². The Kier molecular flexibility index (Phi) is 9.03. The molecule has 2 aromatic heterocycles. The number of nitrogens with one attached hydrogen (secondary N) is 1. The SMILES string of the molecule is CCC/C(C(=N)c1ccnc(OC[C@@]2(C)CCCN2C)n1)=C(/O)[C@H]1CCCc2sc(/N=C/N(C)C)c(C#N)c21. The summed E-state index contributed by atoms with van der Waals surface area (Å²) >= 11 is 1.52. The number of aryl methyl sites for hydroxylation is 1. The minimum Gasteiger partial charge on any atom is -0.511 e. The predicted octanol–water partition coefficient (Wildman–Crippen LogP) is 5.59. The number of likely N-dealkylation sites (N-methyl/N-ethyl adjacent to an activating group) is 1. The van der Waals surface area contributed by atoms with Crippen LogP contribution in [0.3, 0.4) is 0 Å². The van der Waals surface area contributed by atoms with Crippen LogP contribution in [-0.2, 0) is 6.42 Å². The van der Waals surface area contributed by atoms with E-state index in [9.17, 15) is 10.4 Å². The first-order valence-electron chi connectivity index (χ1n) is 13.6. The molecule has 0 spiro atoms. The van der Waals surface area contributed by atoms with Crippen molar-refractivity contribution in [1.29, 1.82) is 10.7 Å². The van der Waals surface area contributed by atoms with Crippen molar-refractivity contribution in [2.24, 2.45) is 4.99 Å². The number of nitriles is 1. The van der Waals surface area contributed by atoms with Crippen LogP contribution >= 0.6 is 11.3 Å². The molecule has 208 valence electrons. The van der Waals surface area contributed by atoms with Crippen LogP contribution in [0.4, 0.5) is 5.00 Å². The number of aliphatic hydroxyl groups excluding tert-OH is 1. The topological polar surface area (TPSA) is 122 Å². The van der Waals surface area contributed by atoms with E-state index in [4.69, 9.17) is 10.1 Å². The number of nitrogens with zero attached hydrogens (tertiary/aromatic N) is 6. The van der Waals surface area contributed by atoms with Crippen molar-refractivity contribution in [1.82, 2.24) is 19.8 Å². The smallest absolute Gasteiger partial charge is 0.317 e. The number of hydrogen-bond acceptors (Lipinski definition) is 9. The normalized spacial score (nSPS) is 21.9. The third kappa shape index (κ3) is 6.15. The van der Waals surface area contributed by atoms with Gasteiger partial charge in [0.15, 0.2) is 0 Å². The number of hydrogen-bond donors (Lipinski definition) is 2. The lowest BCUT2D eigenvalue weighted by Gasteiger charge is -2.31. The summed E-state index contributed by atoms with van der Waals surface area (Å²) in [6.07, 6.45) is 9.24. The van der Waals surface area contributed by atoms with Gasteiger partial charge in [0.2, 0.25) is 0 Å². The Morgan fingerprint density at radius 1 is 1.44 bits per heavy atom. The Labute approximate surface area is 235 Å². The molecular weight excluding hydrogens is 510 g/mol. The molecule has 1 aliphatic heterocycles. The third-order valence-electron chi connectivity index (χ3n) is 7.74. The molecule has 10 heteroatoms. The fourth-order valence-corrected chi connectivity index (χ4v) is 6.58. The average molecular weight is 550 g/mol. The summed E-state index contributed by atoms with van der Waals surface area (Å²) in [4.78, 5) is 18.6. The van der Waals surface area contributed by atoms with Crippen LogP contribution in [0.15, 0.2) is 28.6 Å². The Morgan fingerprint density at radius 2 is 2.23 bits per heavy atom. The Balaban J connectivity index is 1.65. The molecule has 0 radical (unpaired) electrons. The van der Waals surface area contributed by atoms with Crippen molar-refractivity contribution < 1.29 is 9.84 Å². The standard InChI is InChI=1S/C29H39N7O2S/c1-6-9-20(25(31)22-12-14-32-28(34-22)38-17-29(2)13-8-15-36(29)5)26(37)19-10-7-11-23-24(19)21(16-30)27(39-23)33-18-35(3)4/h12,14,18-19,31,37H,6-11,13,15,17H2,1-5H3/b26-20-,31-25?,33-18+/t19-,29+/m0/s1. The average Bonchev–Trinajstić information content (AvgIpc) is 3.47. The monoisotopic (exact) mass is 549 g/mol. The second kappa shape index (κ2) is 12.3. The first-order valence-corrected chi connectivity index (χ1v) is 14.4. The van der Waals surface area contributed by atoms with Gasteiger partial charge in [-0.05, 0) is 70.7 Å². The summed E-state index contributed by atoms with van der Waals surface area (Å²) in [7, 11) is 5.88. The molecule has 2 aliphatic rings. The Morgan fingerprint density at radius 3 is 2.90 bits per heavy atom. The van der Waals surface area contributed by atoms with Crippen LogP contribution < -0.4 is 4.74 Å². The van der Waals surface area contributed by atoms with Crippen LogP contribution in [0, 0.1) is 16.7 Å². The van der Waals surface area contributed by atoms with Crippen molar-refractivity contribution in [3.05, 3.63) is 45.3 Å². The molecule has 1 aliphatic carbocycles. The first kappa shape index (κ1) is 28.7. The highest BCUT2D eigenvalue weighted by atomic mass is 32.1. The number of fused-ring (bicyclic) bond motifs is 1. The number of aromatic nitrogens is 2. The van der Waals surface area contributed by atoms with E-state index in [2.05, 4.69) is 39.9 Å². The summed E-state index contributed by atoms with van der Waals surface area (Å²) in [5.41, 5.74) is 2.45. The summed E-state index contributed by atoms with van der Waals surface area (Å²) in [5, 5.41) is 31.4. The number of ether oxygens (including phenoxy) is 1. The van der Waals surface area contributed by atoms with Crippen molar-refractivity contribution in [3.8, 4) is 12.1 Å². The molecule has 1 saturated heterocycles. The lowest BCUT2D eigenvalue weighted by atomic mass is 9.81. The third-order valence-corrected chi connectivity index (χ3v) is 8.91. The maximum atomic E-state index is 11.7. The van der Waals surface area contributed by atoms with E-state index in [0.29, 0.717) is 41.3 Å². The van der Waals surface area contributed by atoms with Gasteiger partial charge in [-0.3, -0.25) is 10.3 Å². The van der Waals surface area contributed by atoms with Gasteiger partial charge in [0, 0.05) is 36.7 Å². The van der Waals surface area contributed by atoms with Crippen molar-refractivity contribution in [2.45, 2.75) is 70.3 Å². The predicted molar refractivity (Wildman–Crippen MR) is 156 cm³/mol. The van der Waals surface area contributed by atoms with E-state index < -0.39 is 0 Å². The summed E-state index contributed by atoms with van der Waals surface area (Å²) < 4.78 is 6.00. The number of aliphatic imine (C=N–C) groups is 1. The fraction of sp³-hybridized carbons (Fsp3) is 0.552. The van der Waals surface area contributed by atoms with Crippen LogP contribution in [0.2, 0.25) is 0 Å². The van der Waals surface area contributed by atoms with Gasteiger partial charge in [0.05, 0.1) is 28.8 Å². The molecule has 0 saturated carbocycles. The van der Waals surface area contributed by atoms with E-state index in [0.717, 1.165) is 49.1 Å². The van der Waals surface area contributed by atoms with Gasteiger partial charge in [0.25, 0.3) is 0 Å². The van der Waals surface area contributed by atoms with E-state index in [1.807, 2.05) is 25.9 Å². The molecule has 0 unspecified atom stereocenters. The van der Waals surface area contributed by atoms with Crippen LogP contribution in [0.5, 0.6) is 6.01 Å². The van der Waals surface area contributed by atoms with Crippen molar-refractivity contribution in [2.75, 3.05) is 34.3 Å². The minimum atomic E-state index is -0.347. The second-order valence-electron chi connectivity index (χ2n) is 10.9. The maximum absolute atomic E-state index is 11.7. The summed E-state index contributed by atoms with van der Waals surface area (Å²) in [5.74, 6) is -0.193. The first-order chi connectivity index (χ1) is 18.7. The largest absolute Gasteiger partial charge is 0.511 e. The zero-order chi connectivity index (χ0) is 28.2. The molecular formula is C29H39N7O2S. The van der Waals surface area contributed by atoms with E-state index >= 15 is 0 Å². The fourth-order valence-electron chi connectivity index (χ4n) is 5.39. The molecule has 9 nitrogen and oxygen atoms in total. The van der Waals surface area contributed by atoms with Gasteiger partial charge in [0.1, 0.15) is 23.4 Å². The lowest BCUT2D eigenvalue weighted by Crippen LogP contribution is -2.43. The highest BCUT2D eigenvalue weighted by Gasteiger charge is 2.35. The zero-order valence-corrected chi connectivity index (χ0v) is 24.4. The highest BCUT2D eigenvalue weighted by Crippen LogP contribution is 2.47. The quantitative estimate of drug-likeness (QED) is 0.225. The van der Waals surface area contributed by atoms with Crippen molar-refractivity contribution in [3.63, 3.8) is 0 Å². The molecule has 0 aromatic carbocycles. The van der Waals surface area contributed by atoms with Crippen LogP contribution in [-0.4, -0.2) is 76.8 Å². The lowest BCUT2D eigenvalue weighted by molar-refractivity contribution is 0.107. The molecule has 1 fully saturated rings. The van der Waals surface area contributed by atoms with Gasteiger partial charge in [-0.25, -0.2) is 9.98 Å². The molecule has 2 N–H and O–H groups in total. The molecule has 3 heterocycles. The summed E-state index contributed by atoms with van der Waals surface area (Å²) in [6.45, 7) is 5.73. The van der Waals surface area contributed by atoms with E-state index in [-0.39, 0.29) is 28.9 Å². The van der Waals surface area contributed by atoms with Crippen LogP contribution in [0.25, 0.3) is 0 Å². The maximum Gasteiger partial charge on any atom is 0.317 e. The second-order valence-corrected chi connectivity index (χ2v) is 12.0. The number of rotatable bonds is 10. The van der Waals surface area contributed by atoms with Gasteiger partial charge >= 0.3 is 6.01 Å².